The van der Waals surface area contributed by atoms with Gasteiger partial charge in [0.25, 0.3) is 0 Å². The lowest BCUT2D eigenvalue weighted by Crippen LogP contribution is -2.42. The minimum Gasteiger partial charge on any atom is -0.372 e. The lowest BCUT2D eigenvalue weighted by Gasteiger charge is -2.37. The van der Waals surface area contributed by atoms with Crippen LogP contribution in [0.25, 0.3) is 0 Å². The van der Waals surface area contributed by atoms with Crippen LogP contribution in [0.5, 0.6) is 0 Å². The van der Waals surface area contributed by atoms with Gasteiger partial charge in [-0.2, -0.15) is 18.3 Å². The first-order chi connectivity index (χ1) is 13.5. The van der Waals surface area contributed by atoms with Crippen LogP contribution in [0.1, 0.15) is 42.8 Å². The Kier molecular flexibility index (Phi) is 5.81. The number of aryl methyl sites for hydroxylation is 1. The summed E-state index contributed by atoms with van der Waals surface area (Å²) in [5, 5.41) is 3.56. The Morgan fingerprint density at radius 1 is 1.34 bits per heavy atom. The lowest BCUT2D eigenvalue weighted by atomic mass is 9.94. The molecule has 2 heterocycles. The van der Waals surface area contributed by atoms with Crippen molar-refractivity contribution in [1.29, 1.82) is 0 Å². The molecular formula is C19H23F3N2O4S. The van der Waals surface area contributed by atoms with E-state index in [1.54, 1.807) is 32.0 Å². The monoisotopic (exact) mass is 432 g/mol. The molecule has 1 fully saturated rings. The number of methoxy groups -OCH3 is 1. The van der Waals surface area contributed by atoms with Crippen LogP contribution in [0, 0.1) is 6.92 Å². The third-order valence-electron chi connectivity index (χ3n) is 5.20. The van der Waals surface area contributed by atoms with Crippen molar-refractivity contribution in [1.82, 2.24) is 9.78 Å². The van der Waals surface area contributed by atoms with Gasteiger partial charge in [-0.3, -0.25) is 0 Å². The van der Waals surface area contributed by atoms with Crippen LogP contribution < -0.4 is 0 Å². The number of halogens is 3. The van der Waals surface area contributed by atoms with Crippen molar-refractivity contribution in [3.8, 4) is 0 Å². The fourth-order valence-corrected chi connectivity index (χ4v) is 5.42. The molecule has 6 nitrogen and oxygen atoms in total. The molecule has 0 N–H and O–H groups in total. The van der Waals surface area contributed by atoms with Crippen LogP contribution in [0.3, 0.4) is 0 Å². The molecule has 0 radical (unpaired) electrons. The summed E-state index contributed by atoms with van der Waals surface area (Å²) in [5.74, 6) is 0. The minimum absolute atomic E-state index is 0.00990. The van der Waals surface area contributed by atoms with Gasteiger partial charge in [0.1, 0.15) is 12.8 Å². The number of rotatable bonds is 5. The maximum absolute atomic E-state index is 13.3. The highest BCUT2D eigenvalue weighted by molar-refractivity contribution is 7.92. The molecule has 2 atom stereocenters. The molecule has 3 rings (SSSR count). The van der Waals surface area contributed by atoms with Crippen molar-refractivity contribution >= 4 is 9.84 Å². The van der Waals surface area contributed by atoms with E-state index in [1.165, 1.54) is 13.2 Å². The van der Waals surface area contributed by atoms with Crippen molar-refractivity contribution in [3.63, 3.8) is 0 Å². The molecule has 1 aliphatic rings. The van der Waals surface area contributed by atoms with E-state index in [0.717, 1.165) is 16.3 Å². The second-order valence-electron chi connectivity index (χ2n) is 7.45. The quantitative estimate of drug-likeness (QED) is 0.717. The Labute approximate surface area is 167 Å². The van der Waals surface area contributed by atoms with Crippen LogP contribution in [0.2, 0.25) is 0 Å². The maximum atomic E-state index is 13.3. The van der Waals surface area contributed by atoms with Crippen LogP contribution in [0.4, 0.5) is 13.2 Å². The molecule has 1 aromatic carbocycles. The van der Waals surface area contributed by atoms with Crippen molar-refractivity contribution < 1.29 is 31.1 Å². The highest BCUT2D eigenvalue weighted by atomic mass is 32.2. The fraction of sp³-hybridized carbons (Fsp3) is 0.526. The Bertz CT molecular complexity index is 988. The SMILES string of the molecule is COCn1nc(C(F)(F)F)cc1C1CC(C)(S(=O)(=O)c2cccc(C)c2)CCO1. The van der Waals surface area contributed by atoms with Gasteiger partial charge in [0, 0.05) is 13.7 Å². The van der Waals surface area contributed by atoms with Crippen molar-refractivity contribution in [3.05, 3.63) is 47.3 Å². The molecule has 1 saturated heterocycles. The van der Waals surface area contributed by atoms with Crippen molar-refractivity contribution in [2.45, 2.75) is 55.3 Å². The van der Waals surface area contributed by atoms with E-state index in [1.807, 2.05) is 0 Å². The van der Waals surface area contributed by atoms with Crippen LogP contribution in [0.15, 0.2) is 35.2 Å². The molecule has 0 amide bonds. The standard InChI is InChI=1S/C19H23F3N2O4S/c1-13-5-4-6-14(9-13)29(25,26)18(2)7-8-28-16(11-18)15-10-17(19(20,21)22)23-24(15)12-27-3/h4-6,9-10,16H,7-8,11-12H2,1-3H3. The Morgan fingerprint density at radius 2 is 2.07 bits per heavy atom. The maximum Gasteiger partial charge on any atom is 0.435 e. The van der Waals surface area contributed by atoms with Gasteiger partial charge in [0.15, 0.2) is 15.5 Å². The number of ether oxygens (including phenoxy) is 2. The van der Waals surface area contributed by atoms with Gasteiger partial charge in [-0.25, -0.2) is 13.1 Å². The molecule has 10 heteroatoms. The largest absolute Gasteiger partial charge is 0.435 e. The Morgan fingerprint density at radius 3 is 2.69 bits per heavy atom. The molecule has 0 bridgehead atoms. The highest BCUT2D eigenvalue weighted by Crippen LogP contribution is 2.43. The summed E-state index contributed by atoms with van der Waals surface area (Å²) in [6.45, 7) is 3.32. The van der Waals surface area contributed by atoms with E-state index < -0.39 is 32.6 Å². The van der Waals surface area contributed by atoms with Gasteiger partial charge < -0.3 is 9.47 Å². The van der Waals surface area contributed by atoms with E-state index in [0.29, 0.717) is 0 Å². The zero-order valence-corrected chi connectivity index (χ0v) is 17.2. The average molecular weight is 432 g/mol. The van der Waals surface area contributed by atoms with E-state index in [9.17, 15) is 21.6 Å². The fourth-order valence-electron chi connectivity index (χ4n) is 3.53. The molecule has 0 aliphatic carbocycles. The summed E-state index contributed by atoms with van der Waals surface area (Å²) in [6, 6.07) is 7.51. The van der Waals surface area contributed by atoms with E-state index >= 15 is 0 Å². The van der Waals surface area contributed by atoms with Gasteiger partial charge in [0.2, 0.25) is 0 Å². The summed E-state index contributed by atoms with van der Waals surface area (Å²) >= 11 is 0. The zero-order valence-electron chi connectivity index (χ0n) is 16.4. The van der Waals surface area contributed by atoms with Gasteiger partial charge in [-0.05, 0) is 50.5 Å². The third kappa shape index (κ3) is 4.19. The molecule has 2 unspecified atom stereocenters. The first-order valence-corrected chi connectivity index (χ1v) is 10.5. The Balaban J connectivity index is 1.97. The predicted molar refractivity (Wildman–Crippen MR) is 98.9 cm³/mol. The molecule has 1 aliphatic heterocycles. The number of benzene rings is 1. The molecule has 0 saturated carbocycles. The highest BCUT2D eigenvalue weighted by Gasteiger charge is 2.46. The van der Waals surface area contributed by atoms with Crippen LogP contribution in [-0.2, 0) is 32.2 Å². The zero-order chi connectivity index (χ0) is 21.4. The summed E-state index contributed by atoms with van der Waals surface area (Å²) in [6.07, 6.45) is -5.23. The first kappa shape index (κ1) is 21.8. The third-order valence-corrected chi connectivity index (χ3v) is 7.74. The summed E-state index contributed by atoms with van der Waals surface area (Å²) in [7, 11) is -2.39. The molecule has 0 spiro atoms. The average Bonchev–Trinajstić information content (AvgIpc) is 3.06. The van der Waals surface area contributed by atoms with E-state index in [2.05, 4.69) is 5.10 Å². The van der Waals surface area contributed by atoms with Gasteiger partial charge >= 0.3 is 6.18 Å². The lowest BCUT2D eigenvalue weighted by molar-refractivity contribution is -0.141. The summed E-state index contributed by atoms with van der Waals surface area (Å²) in [4.78, 5) is 0.196. The number of hydrogen-bond donors (Lipinski definition) is 0. The van der Waals surface area contributed by atoms with Crippen LogP contribution in [-0.4, -0.2) is 36.7 Å². The van der Waals surface area contributed by atoms with Gasteiger partial charge in [-0.15, -0.1) is 0 Å². The van der Waals surface area contributed by atoms with E-state index in [-0.39, 0.29) is 36.8 Å². The first-order valence-electron chi connectivity index (χ1n) is 9.05. The molecule has 1 aromatic heterocycles. The summed E-state index contributed by atoms with van der Waals surface area (Å²) < 4.78 is 76.6. The number of aromatic nitrogens is 2. The topological polar surface area (TPSA) is 70.4 Å². The molecule has 160 valence electrons. The van der Waals surface area contributed by atoms with E-state index in [4.69, 9.17) is 9.47 Å². The van der Waals surface area contributed by atoms with Crippen molar-refractivity contribution in [2.75, 3.05) is 13.7 Å². The molecular weight excluding hydrogens is 409 g/mol. The Hall–Kier alpha value is -1.91. The normalized spacial score (nSPS) is 23.3. The smallest absolute Gasteiger partial charge is 0.372 e. The van der Waals surface area contributed by atoms with Gasteiger partial charge in [0.05, 0.1) is 15.3 Å². The number of hydrogen-bond acceptors (Lipinski definition) is 5. The van der Waals surface area contributed by atoms with Crippen molar-refractivity contribution in [2.24, 2.45) is 0 Å². The summed E-state index contributed by atoms with van der Waals surface area (Å²) in [5.41, 5.74) is -0.113. The molecule has 2 aromatic rings. The van der Waals surface area contributed by atoms with Gasteiger partial charge in [-0.1, -0.05) is 12.1 Å². The predicted octanol–water partition coefficient (Wildman–Crippen LogP) is 3.90. The second kappa shape index (κ2) is 7.73. The number of sulfone groups is 1. The minimum atomic E-state index is -4.63. The molecule has 29 heavy (non-hydrogen) atoms. The second-order valence-corrected chi connectivity index (χ2v) is 9.92. The number of alkyl halides is 3. The number of nitrogens with zero attached hydrogens (tertiary/aromatic N) is 2. The van der Waals surface area contributed by atoms with Crippen LogP contribution >= 0.6 is 0 Å².